The summed E-state index contributed by atoms with van der Waals surface area (Å²) in [6.45, 7) is 2.08. The highest BCUT2D eigenvalue weighted by atomic mass is 127. The van der Waals surface area contributed by atoms with Crippen LogP contribution >= 0.6 is 22.6 Å². The van der Waals surface area contributed by atoms with Crippen molar-refractivity contribution in [2.24, 2.45) is 0 Å². The fraction of sp³-hybridized carbons (Fsp3) is 0.385. The maximum absolute atomic E-state index is 11.3. The molecular formula is C13H15IO5. The predicted octanol–water partition coefficient (Wildman–Crippen LogP) is 1.90. The van der Waals surface area contributed by atoms with E-state index in [0.717, 1.165) is 9.13 Å². The Morgan fingerprint density at radius 3 is 2.63 bits per heavy atom. The minimum Gasteiger partial charge on any atom is -0.479 e. The van der Waals surface area contributed by atoms with Crippen LogP contribution in [0.4, 0.5) is 0 Å². The molecule has 104 valence electrons. The fourth-order valence-electron chi connectivity index (χ4n) is 1.60. The van der Waals surface area contributed by atoms with Gasteiger partial charge < -0.3 is 14.9 Å². The number of carbonyl (C=O) groups excluding carboxylic acids is 1. The van der Waals surface area contributed by atoms with Gasteiger partial charge in [-0.2, -0.15) is 0 Å². The third-order valence-electron chi connectivity index (χ3n) is 2.45. The Morgan fingerprint density at radius 2 is 2.05 bits per heavy atom. The number of halogens is 1. The zero-order valence-electron chi connectivity index (χ0n) is 10.4. The number of ether oxygens (including phenoxy) is 1. The topological polar surface area (TPSA) is 83.8 Å². The van der Waals surface area contributed by atoms with Gasteiger partial charge in [0.2, 0.25) is 0 Å². The molecule has 19 heavy (non-hydrogen) atoms. The van der Waals surface area contributed by atoms with Crippen LogP contribution in [0.15, 0.2) is 18.2 Å². The Kier molecular flexibility index (Phi) is 6.23. The van der Waals surface area contributed by atoms with Gasteiger partial charge in [-0.1, -0.05) is 6.07 Å². The van der Waals surface area contributed by atoms with E-state index in [2.05, 4.69) is 0 Å². The van der Waals surface area contributed by atoms with Gasteiger partial charge in [-0.3, -0.25) is 4.79 Å². The lowest BCUT2D eigenvalue weighted by Crippen LogP contribution is -2.11. The van der Waals surface area contributed by atoms with Gasteiger partial charge in [0.25, 0.3) is 0 Å². The Labute approximate surface area is 124 Å². The fourth-order valence-corrected chi connectivity index (χ4v) is 2.36. The van der Waals surface area contributed by atoms with Gasteiger partial charge >= 0.3 is 11.9 Å². The van der Waals surface area contributed by atoms with Crippen LogP contribution in [-0.4, -0.2) is 28.8 Å². The molecule has 0 saturated carbocycles. The third-order valence-corrected chi connectivity index (χ3v) is 3.08. The molecule has 1 unspecified atom stereocenters. The molecule has 1 aromatic rings. The summed E-state index contributed by atoms with van der Waals surface area (Å²) in [5, 5.41) is 18.3. The molecule has 1 rings (SSSR count). The Morgan fingerprint density at radius 1 is 1.37 bits per heavy atom. The monoisotopic (exact) mass is 378 g/mol. The van der Waals surface area contributed by atoms with Gasteiger partial charge in [0, 0.05) is 9.99 Å². The first-order valence-electron chi connectivity index (χ1n) is 5.80. The molecule has 1 aromatic carbocycles. The number of esters is 1. The van der Waals surface area contributed by atoms with E-state index in [0.29, 0.717) is 18.6 Å². The third kappa shape index (κ3) is 5.15. The minimum absolute atomic E-state index is 0.233. The van der Waals surface area contributed by atoms with E-state index >= 15 is 0 Å². The number of benzene rings is 1. The van der Waals surface area contributed by atoms with Gasteiger partial charge in [0.05, 0.1) is 6.61 Å². The van der Waals surface area contributed by atoms with Crippen molar-refractivity contribution in [3.63, 3.8) is 0 Å². The van der Waals surface area contributed by atoms with Gasteiger partial charge in [-0.15, -0.1) is 0 Å². The van der Waals surface area contributed by atoms with Crippen LogP contribution in [0.5, 0.6) is 0 Å². The standard InChI is InChI=1S/C13H15IO5/c1-2-19-11(15)4-3-8-5-9(7-10(14)6-8)12(16)13(17)18/h5-7,12,16H,2-4H2,1H3,(H,17,18). The van der Waals surface area contributed by atoms with Crippen molar-refractivity contribution < 1.29 is 24.5 Å². The van der Waals surface area contributed by atoms with Crippen LogP contribution < -0.4 is 0 Å². The lowest BCUT2D eigenvalue weighted by atomic mass is 10.0. The number of carboxylic acid groups (broad SMARTS) is 1. The smallest absolute Gasteiger partial charge is 0.337 e. The van der Waals surface area contributed by atoms with Crippen LogP contribution in [-0.2, 0) is 20.7 Å². The number of rotatable bonds is 6. The highest BCUT2D eigenvalue weighted by molar-refractivity contribution is 14.1. The zero-order valence-corrected chi connectivity index (χ0v) is 12.6. The number of aliphatic carboxylic acids is 1. The maximum atomic E-state index is 11.3. The summed E-state index contributed by atoms with van der Waals surface area (Å²) in [4.78, 5) is 22.0. The average Bonchev–Trinajstić information content (AvgIpc) is 2.35. The second kappa shape index (κ2) is 7.44. The van der Waals surface area contributed by atoms with Crippen molar-refractivity contribution in [2.75, 3.05) is 6.61 Å². The molecule has 2 N–H and O–H groups in total. The SMILES string of the molecule is CCOC(=O)CCc1cc(I)cc(C(O)C(=O)O)c1. The second-order valence-electron chi connectivity index (χ2n) is 3.94. The van der Waals surface area contributed by atoms with Gasteiger partial charge in [-0.05, 0) is 59.2 Å². The number of hydrogen-bond donors (Lipinski definition) is 2. The van der Waals surface area contributed by atoms with Crippen molar-refractivity contribution in [1.82, 2.24) is 0 Å². The zero-order chi connectivity index (χ0) is 14.4. The number of hydrogen-bond acceptors (Lipinski definition) is 4. The molecule has 6 heteroatoms. The minimum atomic E-state index is -1.55. The molecule has 0 saturated heterocycles. The van der Waals surface area contributed by atoms with Crippen molar-refractivity contribution in [2.45, 2.75) is 25.9 Å². The molecule has 0 aliphatic carbocycles. The summed E-state index contributed by atoms with van der Waals surface area (Å²) in [6, 6.07) is 5.05. The molecule has 0 radical (unpaired) electrons. The highest BCUT2D eigenvalue weighted by Crippen LogP contribution is 2.20. The first-order valence-corrected chi connectivity index (χ1v) is 6.87. The molecule has 5 nitrogen and oxygen atoms in total. The molecule has 0 bridgehead atoms. The van der Waals surface area contributed by atoms with Gasteiger partial charge in [0.15, 0.2) is 6.10 Å². The van der Waals surface area contributed by atoms with E-state index in [9.17, 15) is 14.7 Å². The summed E-state index contributed by atoms with van der Waals surface area (Å²) in [5.41, 5.74) is 1.12. The van der Waals surface area contributed by atoms with E-state index < -0.39 is 12.1 Å². The Bertz CT molecular complexity index is 472. The van der Waals surface area contributed by atoms with Crippen molar-refractivity contribution in [3.05, 3.63) is 32.9 Å². The van der Waals surface area contributed by atoms with Crippen LogP contribution in [0.25, 0.3) is 0 Å². The number of aliphatic hydroxyl groups excluding tert-OH is 1. The average molecular weight is 378 g/mol. The van der Waals surface area contributed by atoms with Gasteiger partial charge in [0.1, 0.15) is 0 Å². The largest absolute Gasteiger partial charge is 0.479 e. The lowest BCUT2D eigenvalue weighted by Gasteiger charge is -2.09. The molecule has 1 atom stereocenters. The van der Waals surface area contributed by atoms with Gasteiger partial charge in [-0.25, -0.2) is 4.79 Å². The highest BCUT2D eigenvalue weighted by Gasteiger charge is 2.17. The summed E-state index contributed by atoms with van der Waals surface area (Å²) in [7, 11) is 0. The molecule has 0 spiro atoms. The normalized spacial score (nSPS) is 11.9. The molecule has 0 aromatic heterocycles. The van der Waals surface area contributed by atoms with Crippen LogP contribution in [0.1, 0.15) is 30.6 Å². The van der Waals surface area contributed by atoms with E-state index in [1.54, 1.807) is 19.1 Å². The molecular weight excluding hydrogens is 363 g/mol. The number of carbonyl (C=O) groups is 2. The van der Waals surface area contributed by atoms with E-state index in [1.165, 1.54) is 0 Å². The molecule has 0 amide bonds. The van der Waals surface area contributed by atoms with Crippen molar-refractivity contribution >= 4 is 34.5 Å². The molecule has 0 aliphatic heterocycles. The Balaban J connectivity index is 2.79. The van der Waals surface area contributed by atoms with E-state index in [-0.39, 0.29) is 12.4 Å². The summed E-state index contributed by atoms with van der Waals surface area (Å²) in [5.74, 6) is -1.58. The first-order chi connectivity index (χ1) is 8.93. The van der Waals surface area contributed by atoms with Crippen LogP contribution in [0.2, 0.25) is 0 Å². The number of carboxylic acids is 1. The van der Waals surface area contributed by atoms with Crippen LogP contribution in [0.3, 0.4) is 0 Å². The second-order valence-corrected chi connectivity index (χ2v) is 5.18. The summed E-state index contributed by atoms with van der Waals surface area (Å²) >= 11 is 2.04. The quantitative estimate of drug-likeness (QED) is 0.584. The maximum Gasteiger partial charge on any atom is 0.337 e. The van der Waals surface area contributed by atoms with Crippen LogP contribution in [0, 0.1) is 3.57 Å². The Hall–Kier alpha value is -1.15. The number of aryl methyl sites for hydroxylation is 1. The van der Waals surface area contributed by atoms with E-state index in [4.69, 9.17) is 9.84 Å². The van der Waals surface area contributed by atoms with E-state index in [1.807, 2.05) is 28.7 Å². The lowest BCUT2D eigenvalue weighted by molar-refractivity contribution is -0.147. The summed E-state index contributed by atoms with van der Waals surface area (Å²) < 4.78 is 5.64. The molecule has 0 aliphatic rings. The summed E-state index contributed by atoms with van der Waals surface area (Å²) in [6.07, 6.45) is -0.859. The first kappa shape index (κ1) is 15.9. The van der Waals surface area contributed by atoms with Crippen molar-refractivity contribution in [1.29, 1.82) is 0 Å². The number of aliphatic hydroxyl groups is 1. The molecule has 0 fully saturated rings. The predicted molar refractivity (Wildman–Crippen MR) is 76.7 cm³/mol. The molecule has 0 heterocycles. The van der Waals surface area contributed by atoms with Crippen molar-refractivity contribution in [3.8, 4) is 0 Å².